The van der Waals surface area contributed by atoms with E-state index in [-0.39, 0.29) is 12.1 Å². The van der Waals surface area contributed by atoms with Gasteiger partial charge < -0.3 is 14.7 Å². The maximum Gasteiger partial charge on any atom is 0.410 e. The molecular weight excluding hydrogens is 344 g/mol. The van der Waals surface area contributed by atoms with Crippen molar-refractivity contribution in [3.8, 4) is 0 Å². The van der Waals surface area contributed by atoms with Gasteiger partial charge in [-0.05, 0) is 62.4 Å². The minimum atomic E-state index is -0.950. The van der Waals surface area contributed by atoms with Gasteiger partial charge in [-0.3, -0.25) is 4.90 Å². The average molecular weight is 367 g/mol. The van der Waals surface area contributed by atoms with E-state index in [1.165, 1.54) is 4.90 Å². The van der Waals surface area contributed by atoms with Gasteiger partial charge in [0.1, 0.15) is 5.60 Å². The molecule has 1 N–H and O–H groups in total. The lowest BCUT2D eigenvalue weighted by Crippen LogP contribution is -2.36. The van der Waals surface area contributed by atoms with Gasteiger partial charge in [0.2, 0.25) is 0 Å². The van der Waals surface area contributed by atoms with Crippen molar-refractivity contribution < 1.29 is 19.4 Å². The first-order chi connectivity index (χ1) is 11.7. The molecule has 0 aromatic heterocycles. The number of carbonyl (C=O) groups is 2. The van der Waals surface area contributed by atoms with E-state index in [0.29, 0.717) is 24.7 Å². The van der Waals surface area contributed by atoms with Gasteiger partial charge in [0.25, 0.3) is 0 Å². The lowest BCUT2D eigenvalue weighted by molar-refractivity contribution is 0.0223. The molecule has 3 rings (SSSR count). The van der Waals surface area contributed by atoms with Gasteiger partial charge in [0.05, 0.1) is 12.6 Å². The topological polar surface area (TPSA) is 70.1 Å². The SMILES string of the molecule is CC(C)(C)OC(=O)N1CCCC1c1cc(Cl)cc2c1CN(C(=O)O)C2. The number of ether oxygens (including phenoxy) is 1. The molecule has 1 aromatic rings. The van der Waals surface area contributed by atoms with Crippen LogP contribution < -0.4 is 0 Å². The normalized spacial score (nSPS) is 19.9. The maximum atomic E-state index is 12.6. The summed E-state index contributed by atoms with van der Waals surface area (Å²) >= 11 is 6.27. The zero-order chi connectivity index (χ0) is 18.4. The molecule has 6 nitrogen and oxygen atoms in total. The third-order valence-electron chi connectivity index (χ3n) is 4.56. The number of halogens is 1. The molecule has 0 aliphatic carbocycles. The third kappa shape index (κ3) is 3.68. The van der Waals surface area contributed by atoms with Gasteiger partial charge in [-0.2, -0.15) is 0 Å². The molecule has 136 valence electrons. The Morgan fingerprint density at radius 3 is 2.64 bits per heavy atom. The Kier molecular flexibility index (Phi) is 4.58. The first kappa shape index (κ1) is 17.9. The molecular formula is C18H23ClN2O4. The summed E-state index contributed by atoms with van der Waals surface area (Å²) in [7, 11) is 0. The average Bonchev–Trinajstić information content (AvgIpc) is 3.10. The first-order valence-electron chi connectivity index (χ1n) is 8.44. The molecule has 0 bridgehead atoms. The van der Waals surface area contributed by atoms with Crippen LogP contribution in [0.1, 0.15) is 56.3 Å². The smallest absolute Gasteiger partial charge is 0.410 e. The lowest BCUT2D eigenvalue weighted by atomic mass is 9.96. The van der Waals surface area contributed by atoms with Crippen LogP contribution in [-0.4, -0.2) is 39.2 Å². The molecule has 1 atom stereocenters. The summed E-state index contributed by atoms with van der Waals surface area (Å²) < 4.78 is 5.53. The summed E-state index contributed by atoms with van der Waals surface area (Å²) in [5.41, 5.74) is 2.27. The number of hydrogen-bond acceptors (Lipinski definition) is 3. The van der Waals surface area contributed by atoms with Crippen molar-refractivity contribution in [1.82, 2.24) is 9.80 Å². The predicted octanol–water partition coefficient (Wildman–Crippen LogP) is 4.41. The highest BCUT2D eigenvalue weighted by atomic mass is 35.5. The van der Waals surface area contributed by atoms with Crippen molar-refractivity contribution in [3.63, 3.8) is 0 Å². The van der Waals surface area contributed by atoms with Gasteiger partial charge in [0.15, 0.2) is 0 Å². The quantitative estimate of drug-likeness (QED) is 0.799. The Morgan fingerprint density at radius 1 is 1.28 bits per heavy atom. The summed E-state index contributed by atoms with van der Waals surface area (Å²) in [5.74, 6) is 0. The number of rotatable bonds is 1. The molecule has 7 heteroatoms. The second kappa shape index (κ2) is 6.41. The third-order valence-corrected chi connectivity index (χ3v) is 4.78. The Labute approximate surface area is 152 Å². The van der Waals surface area contributed by atoms with E-state index in [1.807, 2.05) is 32.9 Å². The number of amides is 2. The van der Waals surface area contributed by atoms with E-state index < -0.39 is 11.7 Å². The largest absolute Gasteiger partial charge is 0.465 e. The van der Waals surface area contributed by atoms with Crippen LogP contribution in [0.3, 0.4) is 0 Å². The van der Waals surface area contributed by atoms with Crippen LogP contribution in [0.4, 0.5) is 9.59 Å². The molecule has 1 fully saturated rings. The minimum Gasteiger partial charge on any atom is -0.465 e. The fourth-order valence-electron chi connectivity index (χ4n) is 3.56. The number of carboxylic acid groups (broad SMARTS) is 1. The highest BCUT2D eigenvalue weighted by Gasteiger charge is 2.36. The maximum absolute atomic E-state index is 12.6. The lowest BCUT2D eigenvalue weighted by Gasteiger charge is -2.30. The number of benzene rings is 1. The zero-order valence-corrected chi connectivity index (χ0v) is 15.5. The molecule has 0 saturated carbocycles. The van der Waals surface area contributed by atoms with Crippen LogP contribution in [0.5, 0.6) is 0 Å². The molecule has 1 saturated heterocycles. The highest BCUT2D eigenvalue weighted by molar-refractivity contribution is 6.30. The number of carbonyl (C=O) groups excluding carboxylic acids is 1. The molecule has 2 aliphatic rings. The van der Waals surface area contributed by atoms with Crippen LogP contribution in [0.2, 0.25) is 5.02 Å². The zero-order valence-electron chi connectivity index (χ0n) is 14.7. The Balaban J connectivity index is 1.92. The van der Waals surface area contributed by atoms with Gasteiger partial charge in [-0.15, -0.1) is 0 Å². The van der Waals surface area contributed by atoms with E-state index in [0.717, 1.165) is 29.5 Å². The standard InChI is InChI=1S/C18H23ClN2O4/c1-18(2,3)25-17(24)21-6-4-5-15(21)13-8-12(19)7-11-9-20(16(22)23)10-14(11)13/h7-8,15H,4-6,9-10H2,1-3H3,(H,22,23). The number of fused-ring (bicyclic) bond motifs is 1. The van der Waals surface area contributed by atoms with Crippen LogP contribution in [0.25, 0.3) is 0 Å². The second-order valence-electron chi connectivity index (χ2n) is 7.60. The molecule has 2 amide bonds. The molecule has 2 heterocycles. The van der Waals surface area contributed by atoms with Gasteiger partial charge >= 0.3 is 12.2 Å². The minimum absolute atomic E-state index is 0.129. The summed E-state index contributed by atoms with van der Waals surface area (Å²) in [6, 6.07) is 3.55. The summed E-state index contributed by atoms with van der Waals surface area (Å²) in [4.78, 5) is 27.0. The molecule has 2 aliphatic heterocycles. The van der Waals surface area contributed by atoms with Crippen molar-refractivity contribution in [3.05, 3.63) is 33.8 Å². The second-order valence-corrected chi connectivity index (χ2v) is 8.04. The van der Waals surface area contributed by atoms with Crippen molar-refractivity contribution in [2.75, 3.05) is 6.54 Å². The van der Waals surface area contributed by atoms with E-state index in [9.17, 15) is 14.7 Å². The fraction of sp³-hybridized carbons (Fsp3) is 0.556. The molecule has 1 unspecified atom stereocenters. The predicted molar refractivity (Wildman–Crippen MR) is 93.6 cm³/mol. The van der Waals surface area contributed by atoms with Crippen molar-refractivity contribution >= 4 is 23.8 Å². The van der Waals surface area contributed by atoms with Crippen molar-refractivity contribution in [2.24, 2.45) is 0 Å². The van der Waals surface area contributed by atoms with Crippen LogP contribution in [-0.2, 0) is 17.8 Å². The van der Waals surface area contributed by atoms with E-state index in [1.54, 1.807) is 4.90 Å². The monoisotopic (exact) mass is 366 g/mol. The molecule has 25 heavy (non-hydrogen) atoms. The van der Waals surface area contributed by atoms with Crippen molar-refractivity contribution in [1.29, 1.82) is 0 Å². The fourth-order valence-corrected chi connectivity index (χ4v) is 3.81. The summed E-state index contributed by atoms with van der Waals surface area (Å²) in [5, 5.41) is 9.85. The Bertz CT molecular complexity index is 714. The summed E-state index contributed by atoms with van der Waals surface area (Å²) in [6.07, 6.45) is 0.415. The highest BCUT2D eigenvalue weighted by Crippen LogP contribution is 2.40. The van der Waals surface area contributed by atoms with Crippen LogP contribution in [0.15, 0.2) is 12.1 Å². The van der Waals surface area contributed by atoms with E-state index >= 15 is 0 Å². The number of hydrogen-bond donors (Lipinski definition) is 1. The van der Waals surface area contributed by atoms with Gasteiger partial charge in [-0.25, -0.2) is 9.59 Å². The number of nitrogens with zero attached hydrogens (tertiary/aromatic N) is 2. The molecule has 0 spiro atoms. The van der Waals surface area contributed by atoms with Crippen LogP contribution in [0, 0.1) is 0 Å². The van der Waals surface area contributed by atoms with Gasteiger partial charge in [0, 0.05) is 18.1 Å². The Morgan fingerprint density at radius 2 is 2.00 bits per heavy atom. The Hall–Kier alpha value is -1.95. The van der Waals surface area contributed by atoms with Crippen molar-refractivity contribution in [2.45, 2.75) is 58.3 Å². The van der Waals surface area contributed by atoms with E-state index in [2.05, 4.69) is 0 Å². The number of likely N-dealkylation sites (tertiary alicyclic amines) is 1. The first-order valence-corrected chi connectivity index (χ1v) is 8.82. The van der Waals surface area contributed by atoms with E-state index in [4.69, 9.17) is 16.3 Å². The van der Waals surface area contributed by atoms with Gasteiger partial charge in [-0.1, -0.05) is 11.6 Å². The molecule has 1 aromatic carbocycles. The van der Waals surface area contributed by atoms with Crippen LogP contribution >= 0.6 is 11.6 Å². The summed E-state index contributed by atoms with van der Waals surface area (Å²) in [6.45, 7) is 6.82. The molecule has 0 radical (unpaired) electrons.